The number of alkyl halides is 1. The van der Waals surface area contributed by atoms with Crippen LogP contribution >= 0.6 is 11.6 Å². The summed E-state index contributed by atoms with van der Waals surface area (Å²) in [6.45, 7) is 0.688. The molecule has 0 aliphatic heterocycles. The summed E-state index contributed by atoms with van der Waals surface area (Å²) in [5.74, 6) is -2.83. The van der Waals surface area contributed by atoms with Crippen molar-refractivity contribution >= 4 is 40.5 Å². The molecule has 3 unspecified atom stereocenters. The van der Waals surface area contributed by atoms with Gasteiger partial charge in [-0.2, -0.15) is 0 Å². The Morgan fingerprint density at radius 2 is 1.71 bits per heavy atom. The molecular weight excluding hydrogens is 552 g/mol. The van der Waals surface area contributed by atoms with Gasteiger partial charge in [-0.1, -0.05) is 18.2 Å². The van der Waals surface area contributed by atoms with Crippen molar-refractivity contribution in [2.75, 3.05) is 38.5 Å². The number of hydrogen-bond acceptors (Lipinski definition) is 8. The number of hydrogen-bond donors (Lipinski definition) is 5. The quantitative estimate of drug-likeness (QED) is 0.183. The maximum absolute atomic E-state index is 13.1. The lowest BCUT2D eigenvalue weighted by atomic mass is 9.72. The van der Waals surface area contributed by atoms with Crippen LogP contribution < -0.4 is 10.6 Å². The van der Waals surface area contributed by atoms with Crippen LogP contribution in [0.1, 0.15) is 51.4 Å². The minimum Gasteiger partial charge on any atom is -0.507 e. The van der Waals surface area contributed by atoms with E-state index in [0.29, 0.717) is 24.1 Å². The molecule has 0 radical (unpaired) electrons. The van der Waals surface area contributed by atoms with Gasteiger partial charge in [0.15, 0.2) is 5.78 Å². The van der Waals surface area contributed by atoms with Crippen LogP contribution in [0.25, 0.3) is 11.1 Å². The van der Waals surface area contributed by atoms with Crippen LogP contribution in [0.3, 0.4) is 0 Å². The Morgan fingerprint density at radius 3 is 2.24 bits per heavy atom. The van der Waals surface area contributed by atoms with Crippen molar-refractivity contribution in [3.8, 4) is 16.9 Å². The Morgan fingerprint density at radius 1 is 1.07 bits per heavy atom. The third-order valence-electron chi connectivity index (χ3n) is 6.88. The van der Waals surface area contributed by atoms with Gasteiger partial charge in [0.1, 0.15) is 23.2 Å². The second-order valence-corrected chi connectivity index (χ2v) is 10.4. The van der Waals surface area contributed by atoms with Gasteiger partial charge in [-0.25, -0.2) is 0 Å². The molecule has 1 aliphatic carbocycles. The first-order chi connectivity index (χ1) is 19.1. The number of ketones is 3. The SMILES string of the molecule is CC(=O)CC(=O)C(CO)C(CCO)CC1CC(=O)c2c(O)ccc(-c3ccc(NC(=O)CCl)cc3)c2C1.CNC.O.[HH].[HH]. The molecule has 11 heteroatoms. The third kappa shape index (κ3) is 10.0. The van der Waals surface area contributed by atoms with Gasteiger partial charge in [-0.3, -0.25) is 19.2 Å². The second-order valence-electron chi connectivity index (χ2n) is 10.1. The average molecular weight is 597 g/mol. The minimum absolute atomic E-state index is 0. The maximum atomic E-state index is 13.1. The van der Waals surface area contributed by atoms with E-state index in [0.717, 1.165) is 11.1 Å². The molecule has 3 atom stereocenters. The zero-order chi connectivity index (χ0) is 29.8. The smallest absolute Gasteiger partial charge is 0.239 e. The molecular formula is C30H45ClN2O8. The van der Waals surface area contributed by atoms with Crippen LogP contribution in [0.5, 0.6) is 5.75 Å². The summed E-state index contributed by atoms with van der Waals surface area (Å²) >= 11 is 5.55. The number of Topliss-reactive ketones (excluding diaryl/α,β-unsaturated/α-hetero) is 3. The third-order valence-corrected chi connectivity index (χ3v) is 7.12. The van der Waals surface area contributed by atoms with Crippen molar-refractivity contribution in [3.63, 3.8) is 0 Å². The van der Waals surface area contributed by atoms with Crippen LogP contribution in [0, 0.1) is 17.8 Å². The van der Waals surface area contributed by atoms with Gasteiger partial charge in [0.05, 0.1) is 18.6 Å². The van der Waals surface area contributed by atoms with Crippen molar-refractivity contribution in [1.82, 2.24) is 5.32 Å². The highest BCUT2D eigenvalue weighted by molar-refractivity contribution is 6.29. The molecule has 0 aromatic heterocycles. The van der Waals surface area contributed by atoms with E-state index >= 15 is 0 Å². The number of fused-ring (bicyclic) bond motifs is 1. The monoisotopic (exact) mass is 596 g/mol. The first-order valence-corrected chi connectivity index (χ1v) is 13.8. The largest absolute Gasteiger partial charge is 0.507 e. The number of phenolic OH excluding ortho intramolecular Hbond substituents is 1. The summed E-state index contributed by atoms with van der Waals surface area (Å²) in [5.41, 5.74) is 3.11. The fourth-order valence-electron chi connectivity index (χ4n) is 5.22. The molecule has 2 aromatic rings. The summed E-state index contributed by atoms with van der Waals surface area (Å²) < 4.78 is 0. The molecule has 0 fully saturated rings. The summed E-state index contributed by atoms with van der Waals surface area (Å²) in [5, 5.41) is 35.4. The summed E-state index contributed by atoms with van der Waals surface area (Å²) in [6, 6.07) is 10.3. The number of aliphatic hydroxyl groups is 2. The zero-order valence-electron chi connectivity index (χ0n) is 23.7. The number of anilines is 1. The highest BCUT2D eigenvalue weighted by Gasteiger charge is 2.35. The van der Waals surface area contributed by atoms with Gasteiger partial charge in [0.2, 0.25) is 5.91 Å². The molecule has 0 bridgehead atoms. The van der Waals surface area contributed by atoms with E-state index in [9.17, 15) is 34.5 Å². The van der Waals surface area contributed by atoms with Gasteiger partial charge < -0.3 is 31.4 Å². The Hall–Kier alpha value is -3.15. The predicted octanol–water partition coefficient (Wildman–Crippen LogP) is 3.03. The van der Waals surface area contributed by atoms with E-state index in [-0.39, 0.29) is 80.6 Å². The van der Waals surface area contributed by atoms with Crippen LogP contribution in [-0.2, 0) is 20.8 Å². The molecule has 1 amide bonds. The summed E-state index contributed by atoms with van der Waals surface area (Å²) in [7, 11) is 3.75. The van der Waals surface area contributed by atoms with E-state index in [1.54, 1.807) is 30.3 Å². The summed E-state index contributed by atoms with van der Waals surface area (Å²) in [4.78, 5) is 48.8. The maximum Gasteiger partial charge on any atom is 0.239 e. The molecule has 1 aliphatic rings. The Bertz CT molecular complexity index is 1200. The molecule has 41 heavy (non-hydrogen) atoms. The van der Waals surface area contributed by atoms with Gasteiger partial charge in [-0.05, 0) is 87.0 Å². The molecule has 0 heterocycles. The summed E-state index contributed by atoms with van der Waals surface area (Å²) in [6.07, 6.45) is 0.998. The lowest BCUT2D eigenvalue weighted by Crippen LogP contribution is -2.32. The Labute approximate surface area is 248 Å². The van der Waals surface area contributed by atoms with Crippen molar-refractivity contribution in [3.05, 3.63) is 47.5 Å². The van der Waals surface area contributed by atoms with Crippen molar-refractivity contribution in [2.45, 2.75) is 39.0 Å². The molecule has 10 nitrogen and oxygen atoms in total. The molecule has 7 N–H and O–H groups in total. The number of nitrogens with one attached hydrogen (secondary N) is 2. The zero-order valence-corrected chi connectivity index (χ0v) is 24.5. The number of carbonyl (C=O) groups excluding carboxylic acids is 4. The normalized spacial score (nSPS) is 15.4. The minimum atomic E-state index is -0.799. The number of aliphatic hydroxyl groups excluding tert-OH is 2. The number of carbonyl (C=O) groups is 4. The van der Waals surface area contributed by atoms with Crippen molar-refractivity contribution in [2.24, 2.45) is 17.8 Å². The van der Waals surface area contributed by atoms with Crippen LogP contribution in [0.15, 0.2) is 36.4 Å². The van der Waals surface area contributed by atoms with Crippen LogP contribution in [0.4, 0.5) is 5.69 Å². The fraction of sp³-hybridized carbons (Fsp3) is 0.467. The van der Waals surface area contributed by atoms with Gasteiger partial charge in [0, 0.05) is 27.5 Å². The molecule has 0 saturated heterocycles. The van der Waals surface area contributed by atoms with Crippen molar-refractivity contribution in [1.29, 1.82) is 0 Å². The number of rotatable bonds is 12. The first kappa shape index (κ1) is 35.9. The molecule has 2 aromatic carbocycles. The Balaban J connectivity index is 0. The fourth-order valence-corrected chi connectivity index (χ4v) is 5.28. The second kappa shape index (κ2) is 17.6. The number of amides is 1. The van der Waals surface area contributed by atoms with E-state index in [2.05, 4.69) is 10.6 Å². The number of halogens is 1. The van der Waals surface area contributed by atoms with Gasteiger partial charge >= 0.3 is 0 Å². The van der Waals surface area contributed by atoms with Gasteiger partial charge in [-0.15, -0.1) is 11.6 Å². The van der Waals surface area contributed by atoms with E-state index in [1.807, 2.05) is 14.1 Å². The van der Waals surface area contributed by atoms with E-state index in [4.69, 9.17) is 11.6 Å². The number of phenols is 1. The molecule has 230 valence electrons. The molecule has 3 rings (SSSR count). The van der Waals surface area contributed by atoms with Gasteiger partial charge in [0.25, 0.3) is 0 Å². The van der Waals surface area contributed by atoms with E-state index < -0.39 is 18.4 Å². The lowest BCUT2D eigenvalue weighted by molar-refractivity contribution is -0.131. The Kier molecular flexibility index (Phi) is 15.4. The van der Waals surface area contributed by atoms with Crippen LogP contribution in [0.2, 0.25) is 0 Å². The number of benzene rings is 2. The average Bonchev–Trinajstić information content (AvgIpc) is 2.90. The van der Waals surface area contributed by atoms with Crippen molar-refractivity contribution < 1.29 is 42.8 Å². The van der Waals surface area contributed by atoms with Crippen LogP contribution in [-0.4, -0.2) is 77.2 Å². The predicted molar refractivity (Wildman–Crippen MR) is 163 cm³/mol. The standard InChI is InChI=1S/C28H32ClNO7.C2H7N.H2O.2H2/c1-16(33)10-25(35)23(15-32)19(8-9-31)11-17-12-22-21(6-7-24(34)28(22)26(36)13-17)18-2-4-20(5-3-18)30-27(37)14-29;1-3-2;;;/h2-7,17,19,23,31-32,34H,8-15H2,1H3,(H,30,37);3H,1-2H3;1H2;2*1H. The molecule has 0 spiro atoms. The highest BCUT2D eigenvalue weighted by Crippen LogP contribution is 2.41. The lowest BCUT2D eigenvalue weighted by Gasteiger charge is -2.31. The topological polar surface area (TPSA) is 185 Å². The number of aromatic hydroxyl groups is 1. The highest BCUT2D eigenvalue weighted by atomic mass is 35.5. The van der Waals surface area contributed by atoms with E-state index in [1.165, 1.54) is 13.0 Å². The molecule has 0 saturated carbocycles. The first-order valence-electron chi connectivity index (χ1n) is 13.3.